The number of aliphatic hydroxyl groups is 6. The minimum absolute atomic E-state index is 0.104. The van der Waals surface area contributed by atoms with E-state index in [9.17, 15) is 40.2 Å². The normalized spacial score (nSPS) is 45.3. The summed E-state index contributed by atoms with van der Waals surface area (Å²) in [7, 11) is 0. The monoisotopic (exact) mass is 538 g/mol. The molecular formula is C29H46O9. The van der Waals surface area contributed by atoms with Crippen molar-refractivity contribution < 1.29 is 45.0 Å². The van der Waals surface area contributed by atoms with E-state index in [1.165, 1.54) is 13.0 Å². The molecule has 0 aromatic rings. The predicted molar refractivity (Wildman–Crippen MR) is 138 cm³/mol. The maximum absolute atomic E-state index is 13.3. The fourth-order valence-electron chi connectivity index (χ4n) is 8.87. The number of ether oxygens (including phenoxy) is 1. The van der Waals surface area contributed by atoms with Crippen molar-refractivity contribution in [2.75, 3.05) is 0 Å². The number of hydrogen-bond donors (Lipinski definition) is 6. The zero-order valence-corrected chi connectivity index (χ0v) is 23.5. The molecule has 0 unspecified atom stereocenters. The fraction of sp³-hybridized carbons (Fsp3) is 0.862. The topological polar surface area (TPSA) is 165 Å². The summed E-state index contributed by atoms with van der Waals surface area (Å²) in [5.41, 5.74) is -5.38. The molecule has 38 heavy (non-hydrogen) atoms. The predicted octanol–water partition coefficient (Wildman–Crippen LogP) is 1.40. The zero-order valence-electron chi connectivity index (χ0n) is 23.5. The lowest BCUT2D eigenvalue weighted by molar-refractivity contribution is -0.197. The number of allylic oxidation sites excluding steroid dienone is 1. The molecule has 4 aliphatic carbocycles. The molecule has 0 heterocycles. The van der Waals surface area contributed by atoms with Crippen molar-refractivity contribution in [3.05, 3.63) is 11.6 Å². The van der Waals surface area contributed by atoms with E-state index in [1.807, 2.05) is 13.8 Å². The molecule has 3 fully saturated rings. The molecule has 6 N–H and O–H groups in total. The summed E-state index contributed by atoms with van der Waals surface area (Å²) in [6.07, 6.45) is -1.25. The minimum atomic E-state index is -1.63. The third-order valence-corrected chi connectivity index (χ3v) is 10.9. The van der Waals surface area contributed by atoms with Gasteiger partial charge in [0.15, 0.2) is 5.78 Å². The van der Waals surface area contributed by atoms with E-state index in [0.29, 0.717) is 18.4 Å². The lowest BCUT2D eigenvalue weighted by Crippen LogP contribution is -2.66. The number of aliphatic hydroxyl groups excluding tert-OH is 4. The highest BCUT2D eigenvalue weighted by Crippen LogP contribution is 2.68. The first-order valence-electron chi connectivity index (χ1n) is 13.9. The average molecular weight is 539 g/mol. The van der Waals surface area contributed by atoms with Crippen molar-refractivity contribution in [1.82, 2.24) is 0 Å². The summed E-state index contributed by atoms with van der Waals surface area (Å²) in [6.45, 7) is 10.0. The van der Waals surface area contributed by atoms with E-state index in [2.05, 4.69) is 0 Å². The van der Waals surface area contributed by atoms with Crippen molar-refractivity contribution in [1.29, 1.82) is 0 Å². The van der Waals surface area contributed by atoms with Gasteiger partial charge in [-0.1, -0.05) is 13.8 Å². The van der Waals surface area contributed by atoms with E-state index in [0.717, 1.165) is 0 Å². The van der Waals surface area contributed by atoms with Crippen LogP contribution < -0.4 is 0 Å². The highest BCUT2D eigenvalue weighted by atomic mass is 16.6. The Balaban J connectivity index is 1.65. The molecule has 216 valence electrons. The molecule has 0 aromatic heterocycles. The summed E-state index contributed by atoms with van der Waals surface area (Å²) >= 11 is 0. The van der Waals surface area contributed by atoms with Crippen LogP contribution in [0.5, 0.6) is 0 Å². The zero-order chi connectivity index (χ0) is 28.6. The first-order chi connectivity index (χ1) is 17.3. The lowest BCUT2D eigenvalue weighted by Gasteiger charge is -2.62. The number of fused-ring (bicyclic) bond motifs is 5. The van der Waals surface area contributed by atoms with Gasteiger partial charge in [-0.3, -0.25) is 9.59 Å². The molecule has 0 aromatic carbocycles. The summed E-state index contributed by atoms with van der Waals surface area (Å²) in [4.78, 5) is 24.8. The Morgan fingerprint density at radius 3 is 2.37 bits per heavy atom. The summed E-state index contributed by atoms with van der Waals surface area (Å²) < 4.78 is 5.32. The van der Waals surface area contributed by atoms with Gasteiger partial charge in [0.05, 0.1) is 35.6 Å². The molecule has 9 nitrogen and oxygen atoms in total. The molecule has 4 rings (SSSR count). The summed E-state index contributed by atoms with van der Waals surface area (Å²) in [5, 5.41) is 67.5. The largest absolute Gasteiger partial charge is 0.460 e. The smallest absolute Gasteiger partial charge is 0.303 e. The highest BCUT2D eigenvalue weighted by molar-refractivity contribution is 5.95. The Morgan fingerprint density at radius 1 is 1.13 bits per heavy atom. The molecule has 0 spiro atoms. The molecule has 0 aliphatic heterocycles. The summed E-state index contributed by atoms with van der Waals surface area (Å²) in [5.74, 6) is -2.40. The molecule has 0 saturated heterocycles. The van der Waals surface area contributed by atoms with Gasteiger partial charge < -0.3 is 35.4 Å². The van der Waals surface area contributed by atoms with Crippen LogP contribution in [0.4, 0.5) is 0 Å². The van der Waals surface area contributed by atoms with Gasteiger partial charge in [0.1, 0.15) is 5.60 Å². The van der Waals surface area contributed by atoms with Gasteiger partial charge in [-0.05, 0) is 88.7 Å². The van der Waals surface area contributed by atoms with Crippen molar-refractivity contribution >= 4 is 11.8 Å². The van der Waals surface area contributed by atoms with Gasteiger partial charge in [0.2, 0.25) is 0 Å². The molecule has 4 aliphatic rings. The van der Waals surface area contributed by atoms with Gasteiger partial charge in [-0.15, -0.1) is 0 Å². The van der Waals surface area contributed by atoms with Crippen LogP contribution in [0.25, 0.3) is 0 Å². The van der Waals surface area contributed by atoms with Crippen molar-refractivity contribution in [2.45, 2.75) is 128 Å². The van der Waals surface area contributed by atoms with Crippen LogP contribution in [0.3, 0.4) is 0 Å². The number of ketones is 1. The van der Waals surface area contributed by atoms with Gasteiger partial charge in [-0.2, -0.15) is 0 Å². The molecular weight excluding hydrogens is 492 g/mol. The SMILES string of the molecule is CC(=O)OC(C)(C)CC[C@@H](O)[C@](C)(O)[C@H]1CC[C@@]2(O)C3=CC(=O)[C@@H]4C[C@@H](O)[C@@H](O)C[C@]4(C)[C@H]3[C@H](O)C[C@]12C. The van der Waals surface area contributed by atoms with Crippen molar-refractivity contribution in [3.63, 3.8) is 0 Å². The lowest BCUT2D eigenvalue weighted by atomic mass is 9.45. The molecule has 3 saturated carbocycles. The van der Waals surface area contributed by atoms with Crippen LogP contribution in [0, 0.1) is 28.6 Å². The molecule has 11 atom stereocenters. The Morgan fingerprint density at radius 2 is 1.76 bits per heavy atom. The Hall–Kier alpha value is -1.36. The fourth-order valence-corrected chi connectivity index (χ4v) is 8.87. The highest BCUT2D eigenvalue weighted by Gasteiger charge is 2.71. The standard InChI is InChI=1S/C29H46O9/c1-15(30)38-25(2,3)9-8-23(35)28(6,36)22-7-10-29(37)17-12-18(31)16-11-19(32)20(33)13-26(16,4)24(17)21(34)14-27(22,29)5/h12,16,19-24,32-37H,7-11,13-14H2,1-6H3/t16-,19+,20-,21+,22-,23+,24+,26-,27+,28+,29+/m0/s1. The number of hydrogen-bond acceptors (Lipinski definition) is 9. The quantitative estimate of drug-likeness (QED) is 0.274. The minimum Gasteiger partial charge on any atom is -0.460 e. The second-order valence-electron chi connectivity index (χ2n) is 13.9. The second-order valence-corrected chi connectivity index (χ2v) is 13.9. The third-order valence-electron chi connectivity index (χ3n) is 10.9. The Kier molecular flexibility index (Phi) is 7.29. The van der Waals surface area contributed by atoms with Crippen LogP contribution in [-0.4, -0.2) is 83.6 Å². The van der Waals surface area contributed by atoms with E-state index in [-0.39, 0.29) is 37.9 Å². The van der Waals surface area contributed by atoms with Crippen LogP contribution in [0.15, 0.2) is 11.6 Å². The first-order valence-corrected chi connectivity index (χ1v) is 13.9. The second kappa shape index (κ2) is 9.35. The molecule has 0 amide bonds. The summed E-state index contributed by atoms with van der Waals surface area (Å²) in [6, 6.07) is 0. The molecule has 9 heteroatoms. The van der Waals surface area contributed by atoms with Crippen LogP contribution >= 0.6 is 0 Å². The Bertz CT molecular complexity index is 1000. The van der Waals surface area contributed by atoms with Crippen molar-refractivity contribution in [3.8, 4) is 0 Å². The van der Waals surface area contributed by atoms with E-state index in [4.69, 9.17) is 4.74 Å². The van der Waals surface area contributed by atoms with Gasteiger partial charge >= 0.3 is 5.97 Å². The number of esters is 1. The molecule has 0 radical (unpaired) electrons. The van der Waals surface area contributed by atoms with Gasteiger partial charge in [0, 0.05) is 24.2 Å². The maximum atomic E-state index is 13.3. The molecule has 0 bridgehead atoms. The van der Waals surface area contributed by atoms with Crippen LogP contribution in [0.1, 0.15) is 86.5 Å². The first kappa shape index (κ1) is 29.6. The third kappa shape index (κ3) is 4.38. The Labute approximate surface area is 224 Å². The van der Waals surface area contributed by atoms with E-state index < -0.39 is 75.8 Å². The van der Waals surface area contributed by atoms with Crippen LogP contribution in [-0.2, 0) is 14.3 Å². The van der Waals surface area contributed by atoms with Crippen LogP contribution in [0.2, 0.25) is 0 Å². The number of carbonyl (C=O) groups is 2. The maximum Gasteiger partial charge on any atom is 0.303 e. The van der Waals surface area contributed by atoms with E-state index in [1.54, 1.807) is 20.8 Å². The van der Waals surface area contributed by atoms with Crippen molar-refractivity contribution in [2.24, 2.45) is 28.6 Å². The average Bonchev–Trinajstić information content (AvgIpc) is 3.04. The number of carbonyl (C=O) groups excluding carboxylic acids is 2. The number of rotatable bonds is 6. The van der Waals surface area contributed by atoms with E-state index >= 15 is 0 Å². The van der Waals surface area contributed by atoms with Gasteiger partial charge in [-0.25, -0.2) is 0 Å². The van der Waals surface area contributed by atoms with Gasteiger partial charge in [0.25, 0.3) is 0 Å².